The number of nitrogens with zero attached hydrogens (tertiary/aromatic N) is 3. The van der Waals surface area contributed by atoms with E-state index >= 15 is 0 Å². The second-order valence-corrected chi connectivity index (χ2v) is 2.56. The molecule has 0 atom stereocenters. The first-order chi connectivity index (χ1) is 5.95. The number of allylic oxidation sites excluding steroid dienone is 2. The molecule has 1 aliphatic heterocycles. The molecule has 3 nitrogen and oxygen atoms in total. The number of hydrogen-bond acceptors (Lipinski definition) is 2. The third-order valence-corrected chi connectivity index (χ3v) is 1.63. The second-order valence-electron chi connectivity index (χ2n) is 2.56. The maximum Gasteiger partial charge on any atom is 0.0690 e. The largest absolute Gasteiger partial charge is 0.264 e. The number of hydrogen-bond donors (Lipinski definition) is 0. The Morgan fingerprint density at radius 2 is 2.33 bits per heavy atom. The van der Waals surface area contributed by atoms with Crippen LogP contribution in [0, 0.1) is 0 Å². The van der Waals surface area contributed by atoms with Gasteiger partial charge in [0.25, 0.3) is 0 Å². The summed E-state index contributed by atoms with van der Waals surface area (Å²) in [6, 6.07) is 3.95. The molecular weight excluding hydrogens is 150 g/mol. The zero-order valence-corrected chi connectivity index (χ0v) is 6.51. The molecule has 2 rings (SSSR count). The Labute approximate surface area is 70.8 Å². The van der Waals surface area contributed by atoms with Crippen molar-refractivity contribution in [2.75, 3.05) is 0 Å². The molecule has 0 spiro atoms. The van der Waals surface area contributed by atoms with E-state index in [1.54, 1.807) is 12.4 Å². The minimum Gasteiger partial charge on any atom is -0.264 e. The van der Waals surface area contributed by atoms with Crippen molar-refractivity contribution in [3.8, 4) is 0 Å². The van der Waals surface area contributed by atoms with Crippen LogP contribution < -0.4 is 5.43 Å². The Morgan fingerprint density at radius 3 is 3.00 bits per heavy atom. The lowest BCUT2D eigenvalue weighted by molar-refractivity contribution is 0.850. The summed E-state index contributed by atoms with van der Waals surface area (Å²) in [4.78, 5) is 4.02. The van der Waals surface area contributed by atoms with Crippen LogP contribution in [0.1, 0.15) is 5.56 Å². The van der Waals surface area contributed by atoms with Gasteiger partial charge in [0.2, 0.25) is 0 Å². The molecule has 0 N–H and O–H groups in total. The van der Waals surface area contributed by atoms with Crippen LogP contribution in [-0.4, -0.2) is 11.2 Å². The number of rotatable bonds is 2. The molecule has 0 fully saturated rings. The standard InChI is InChI=1S/C9H8N3/c1-2-8(7-10-4-1)6-9-3-5-11-12-9/h1-5,7H,6H2. The first kappa shape index (κ1) is 7.03. The highest BCUT2D eigenvalue weighted by molar-refractivity contribution is 5.74. The minimum absolute atomic E-state index is 0.813. The Morgan fingerprint density at radius 1 is 1.33 bits per heavy atom. The van der Waals surface area contributed by atoms with Gasteiger partial charge in [0.1, 0.15) is 0 Å². The predicted octanol–water partition coefficient (Wildman–Crippen LogP) is 1.11. The van der Waals surface area contributed by atoms with Crippen LogP contribution in [0.15, 0.2) is 41.4 Å². The van der Waals surface area contributed by atoms with Crippen LogP contribution in [0.5, 0.6) is 0 Å². The van der Waals surface area contributed by atoms with E-state index in [9.17, 15) is 0 Å². The van der Waals surface area contributed by atoms with Crippen molar-refractivity contribution < 1.29 is 0 Å². The van der Waals surface area contributed by atoms with Gasteiger partial charge >= 0.3 is 0 Å². The van der Waals surface area contributed by atoms with Crippen molar-refractivity contribution in [2.45, 2.75) is 6.42 Å². The van der Waals surface area contributed by atoms with Crippen molar-refractivity contribution in [1.29, 1.82) is 0 Å². The molecule has 0 amide bonds. The Kier molecular flexibility index (Phi) is 1.86. The maximum absolute atomic E-state index is 4.02. The summed E-state index contributed by atoms with van der Waals surface area (Å²) in [5.41, 5.74) is 6.09. The van der Waals surface area contributed by atoms with Crippen molar-refractivity contribution in [1.82, 2.24) is 10.4 Å². The fraction of sp³-hybridized carbons (Fsp3) is 0.111. The highest BCUT2D eigenvalue weighted by atomic mass is 15.3. The summed E-state index contributed by atoms with van der Waals surface area (Å²) in [5, 5.41) is 3.75. The van der Waals surface area contributed by atoms with E-state index < -0.39 is 0 Å². The predicted molar refractivity (Wildman–Crippen MR) is 46.7 cm³/mol. The van der Waals surface area contributed by atoms with Gasteiger partial charge in [-0.15, -0.1) is 0 Å². The molecule has 0 saturated heterocycles. The summed E-state index contributed by atoms with van der Waals surface area (Å²) < 4.78 is 0. The molecule has 3 heteroatoms. The third kappa shape index (κ3) is 1.50. The molecule has 1 radical (unpaired) electrons. The highest BCUT2D eigenvalue weighted by Gasteiger charge is 2.02. The summed E-state index contributed by atoms with van der Waals surface area (Å²) >= 11 is 0. The fourth-order valence-electron chi connectivity index (χ4n) is 1.07. The fourth-order valence-corrected chi connectivity index (χ4v) is 1.07. The van der Waals surface area contributed by atoms with Crippen molar-refractivity contribution in [3.05, 3.63) is 41.9 Å². The van der Waals surface area contributed by atoms with Gasteiger partial charge in [0, 0.05) is 18.8 Å². The molecule has 0 saturated carbocycles. The number of pyridine rings is 1. The molecule has 2 heterocycles. The van der Waals surface area contributed by atoms with E-state index in [0.29, 0.717) is 0 Å². The lowest BCUT2D eigenvalue weighted by atomic mass is 10.2. The summed E-state index contributed by atoms with van der Waals surface area (Å²) in [7, 11) is 0. The van der Waals surface area contributed by atoms with Gasteiger partial charge in [-0.1, -0.05) is 6.07 Å². The molecule has 0 aliphatic carbocycles. The van der Waals surface area contributed by atoms with Crippen LogP contribution in [0.4, 0.5) is 0 Å². The first-order valence-electron chi connectivity index (χ1n) is 3.77. The zero-order chi connectivity index (χ0) is 8.23. The van der Waals surface area contributed by atoms with Crippen molar-refractivity contribution in [2.24, 2.45) is 5.10 Å². The van der Waals surface area contributed by atoms with E-state index in [2.05, 4.69) is 15.5 Å². The van der Waals surface area contributed by atoms with E-state index in [4.69, 9.17) is 0 Å². The molecular formula is C9H8N3. The van der Waals surface area contributed by atoms with Crippen molar-refractivity contribution >= 4 is 6.21 Å². The molecule has 0 bridgehead atoms. The van der Waals surface area contributed by atoms with Crippen LogP contribution in [0.25, 0.3) is 0 Å². The quantitative estimate of drug-likeness (QED) is 0.635. The Bertz CT molecular complexity index is 314. The lowest BCUT2D eigenvalue weighted by Gasteiger charge is -1.98. The zero-order valence-electron chi connectivity index (χ0n) is 6.51. The smallest absolute Gasteiger partial charge is 0.0690 e. The minimum atomic E-state index is 0.813. The van der Waals surface area contributed by atoms with Gasteiger partial charge in [-0.2, -0.15) is 10.5 Å². The van der Waals surface area contributed by atoms with Crippen LogP contribution in [0.3, 0.4) is 0 Å². The molecule has 0 aromatic carbocycles. The lowest BCUT2D eigenvalue weighted by Crippen LogP contribution is -1.96. The number of aromatic nitrogens is 1. The van der Waals surface area contributed by atoms with Crippen LogP contribution >= 0.6 is 0 Å². The summed E-state index contributed by atoms with van der Waals surface area (Å²) in [6.07, 6.45) is 8.03. The Balaban J connectivity index is 2.05. The molecule has 1 aromatic heterocycles. The van der Waals surface area contributed by atoms with E-state index in [1.807, 2.05) is 24.4 Å². The average Bonchev–Trinajstić information content (AvgIpc) is 2.59. The van der Waals surface area contributed by atoms with Crippen molar-refractivity contribution in [3.63, 3.8) is 0 Å². The summed E-state index contributed by atoms with van der Waals surface area (Å²) in [5.74, 6) is 0. The molecule has 1 aromatic rings. The normalized spacial score (nSPS) is 14.2. The van der Waals surface area contributed by atoms with Gasteiger partial charge in [-0.3, -0.25) is 4.98 Å². The maximum atomic E-state index is 4.02. The molecule has 12 heavy (non-hydrogen) atoms. The summed E-state index contributed by atoms with van der Waals surface area (Å²) in [6.45, 7) is 0. The van der Waals surface area contributed by atoms with Crippen LogP contribution in [0.2, 0.25) is 0 Å². The van der Waals surface area contributed by atoms with E-state index in [-0.39, 0.29) is 0 Å². The second kappa shape index (κ2) is 3.17. The first-order valence-corrected chi connectivity index (χ1v) is 3.77. The van der Waals surface area contributed by atoms with Gasteiger partial charge in [-0.25, -0.2) is 0 Å². The Hall–Kier alpha value is -1.64. The molecule has 1 aliphatic rings. The highest BCUT2D eigenvalue weighted by Crippen LogP contribution is 2.06. The van der Waals surface area contributed by atoms with Gasteiger partial charge in [0.05, 0.1) is 11.9 Å². The molecule has 0 unspecified atom stereocenters. The SMILES string of the molecule is C1=N[N]C(Cc2cccnc2)=C1. The molecule has 59 valence electrons. The van der Waals surface area contributed by atoms with Gasteiger partial charge < -0.3 is 0 Å². The van der Waals surface area contributed by atoms with Gasteiger partial charge in [0.15, 0.2) is 0 Å². The monoisotopic (exact) mass is 158 g/mol. The topological polar surface area (TPSA) is 39.4 Å². The van der Waals surface area contributed by atoms with E-state index in [1.165, 1.54) is 0 Å². The van der Waals surface area contributed by atoms with Gasteiger partial charge in [-0.05, 0) is 17.7 Å². The van der Waals surface area contributed by atoms with E-state index in [0.717, 1.165) is 17.7 Å². The van der Waals surface area contributed by atoms with Crippen LogP contribution in [-0.2, 0) is 6.42 Å². The third-order valence-electron chi connectivity index (χ3n) is 1.63. The average molecular weight is 158 g/mol.